The summed E-state index contributed by atoms with van der Waals surface area (Å²) in [5.74, 6) is -1.28. The largest absolute Gasteiger partial charge is 0.341 e. The van der Waals surface area contributed by atoms with Crippen LogP contribution in [0.4, 0.5) is 8.78 Å². The topological polar surface area (TPSA) is 40.7 Å². The fourth-order valence-electron chi connectivity index (χ4n) is 1.55. The first-order chi connectivity index (χ1) is 8.63. The molecule has 3 nitrogen and oxygen atoms in total. The molecule has 1 aromatic carbocycles. The SMILES string of the molecule is CCNCc1cnc(-c2ccc(F)c(F)c2Br)[nH]1. The number of aromatic amines is 1. The molecule has 0 bridgehead atoms. The van der Waals surface area contributed by atoms with Crippen LogP contribution in [0.15, 0.2) is 22.8 Å². The van der Waals surface area contributed by atoms with Gasteiger partial charge in [-0.25, -0.2) is 13.8 Å². The summed E-state index contributed by atoms with van der Waals surface area (Å²) in [6.45, 7) is 3.51. The molecule has 0 radical (unpaired) electrons. The van der Waals surface area contributed by atoms with Crippen molar-refractivity contribution < 1.29 is 8.78 Å². The summed E-state index contributed by atoms with van der Waals surface area (Å²) in [4.78, 5) is 7.22. The molecule has 0 saturated heterocycles. The van der Waals surface area contributed by atoms with Crippen LogP contribution in [0.5, 0.6) is 0 Å². The number of nitrogens with zero attached hydrogens (tertiary/aromatic N) is 1. The molecule has 1 aromatic heterocycles. The van der Waals surface area contributed by atoms with Crippen LogP contribution in [-0.2, 0) is 6.54 Å². The lowest BCUT2D eigenvalue weighted by molar-refractivity contribution is 0.504. The number of nitrogens with one attached hydrogen (secondary N) is 2. The summed E-state index contributed by atoms with van der Waals surface area (Å²) in [6, 6.07) is 2.57. The molecule has 6 heteroatoms. The summed E-state index contributed by atoms with van der Waals surface area (Å²) >= 11 is 3.04. The molecule has 2 rings (SSSR count). The minimum Gasteiger partial charge on any atom is -0.341 e. The third-order valence-corrected chi connectivity index (χ3v) is 3.26. The average Bonchev–Trinajstić information content (AvgIpc) is 2.82. The van der Waals surface area contributed by atoms with Crippen molar-refractivity contribution in [1.29, 1.82) is 0 Å². The second kappa shape index (κ2) is 5.58. The van der Waals surface area contributed by atoms with Gasteiger partial charge < -0.3 is 10.3 Å². The number of halogens is 3. The van der Waals surface area contributed by atoms with Crippen LogP contribution >= 0.6 is 15.9 Å². The maximum Gasteiger partial charge on any atom is 0.173 e. The van der Waals surface area contributed by atoms with Crippen molar-refractivity contribution >= 4 is 15.9 Å². The summed E-state index contributed by atoms with van der Waals surface area (Å²) in [6.07, 6.45) is 1.67. The average molecular weight is 316 g/mol. The van der Waals surface area contributed by atoms with Gasteiger partial charge in [0.05, 0.1) is 4.47 Å². The third-order valence-electron chi connectivity index (χ3n) is 2.48. The summed E-state index contributed by atoms with van der Waals surface area (Å²) < 4.78 is 26.5. The van der Waals surface area contributed by atoms with Crippen molar-refractivity contribution in [3.63, 3.8) is 0 Å². The van der Waals surface area contributed by atoms with Gasteiger partial charge in [0.25, 0.3) is 0 Å². The summed E-state index contributed by atoms with van der Waals surface area (Å²) in [5.41, 5.74) is 1.39. The van der Waals surface area contributed by atoms with Gasteiger partial charge in [-0.2, -0.15) is 0 Å². The van der Waals surface area contributed by atoms with E-state index in [2.05, 4.69) is 31.2 Å². The Morgan fingerprint density at radius 1 is 1.39 bits per heavy atom. The molecule has 0 atom stereocenters. The van der Waals surface area contributed by atoms with E-state index in [-0.39, 0.29) is 4.47 Å². The van der Waals surface area contributed by atoms with Crippen molar-refractivity contribution in [2.24, 2.45) is 0 Å². The zero-order valence-electron chi connectivity index (χ0n) is 9.73. The van der Waals surface area contributed by atoms with E-state index in [0.717, 1.165) is 18.3 Å². The minimum atomic E-state index is -0.905. The monoisotopic (exact) mass is 315 g/mol. The number of benzene rings is 1. The number of imidazole rings is 1. The Morgan fingerprint density at radius 3 is 2.89 bits per heavy atom. The lowest BCUT2D eigenvalue weighted by Gasteiger charge is -2.03. The highest BCUT2D eigenvalue weighted by molar-refractivity contribution is 9.10. The van der Waals surface area contributed by atoms with E-state index in [1.54, 1.807) is 6.20 Å². The third kappa shape index (κ3) is 2.59. The predicted molar refractivity (Wildman–Crippen MR) is 69.0 cm³/mol. The predicted octanol–water partition coefficient (Wildman–Crippen LogP) is 3.23. The van der Waals surface area contributed by atoms with Gasteiger partial charge in [0, 0.05) is 24.0 Å². The molecule has 0 fully saturated rings. The van der Waals surface area contributed by atoms with E-state index in [9.17, 15) is 8.78 Å². The molecule has 0 aliphatic rings. The second-order valence-electron chi connectivity index (χ2n) is 3.76. The van der Waals surface area contributed by atoms with Gasteiger partial charge in [0.15, 0.2) is 11.6 Å². The molecular formula is C12H12BrF2N3. The van der Waals surface area contributed by atoms with Gasteiger partial charge in [-0.15, -0.1) is 0 Å². The molecule has 0 spiro atoms. The van der Waals surface area contributed by atoms with Crippen LogP contribution < -0.4 is 5.32 Å². The Morgan fingerprint density at radius 2 is 2.17 bits per heavy atom. The minimum absolute atomic E-state index is 0.0758. The van der Waals surface area contributed by atoms with Gasteiger partial charge >= 0.3 is 0 Å². The Kier molecular flexibility index (Phi) is 4.08. The van der Waals surface area contributed by atoms with E-state index >= 15 is 0 Å². The van der Waals surface area contributed by atoms with Gasteiger partial charge in [-0.05, 0) is 34.6 Å². The molecule has 0 saturated carbocycles. The van der Waals surface area contributed by atoms with Crippen LogP contribution in [-0.4, -0.2) is 16.5 Å². The van der Waals surface area contributed by atoms with Crippen molar-refractivity contribution in [3.05, 3.63) is 40.1 Å². The molecule has 96 valence electrons. The lowest BCUT2D eigenvalue weighted by Crippen LogP contribution is -2.11. The van der Waals surface area contributed by atoms with Crippen LogP contribution in [0.2, 0.25) is 0 Å². The first-order valence-electron chi connectivity index (χ1n) is 5.52. The molecular weight excluding hydrogens is 304 g/mol. The molecule has 0 amide bonds. The molecule has 0 unspecified atom stereocenters. The Balaban J connectivity index is 2.31. The maximum absolute atomic E-state index is 13.4. The van der Waals surface area contributed by atoms with E-state index in [1.807, 2.05) is 6.92 Å². The van der Waals surface area contributed by atoms with Crippen molar-refractivity contribution in [2.75, 3.05) is 6.54 Å². The fraction of sp³-hybridized carbons (Fsp3) is 0.250. The maximum atomic E-state index is 13.4. The highest BCUT2D eigenvalue weighted by Crippen LogP contribution is 2.29. The number of hydrogen-bond acceptors (Lipinski definition) is 2. The van der Waals surface area contributed by atoms with Crippen molar-refractivity contribution in [1.82, 2.24) is 15.3 Å². The molecule has 18 heavy (non-hydrogen) atoms. The van der Waals surface area contributed by atoms with E-state index in [1.165, 1.54) is 6.07 Å². The smallest absolute Gasteiger partial charge is 0.173 e. The normalized spacial score (nSPS) is 10.9. The van der Waals surface area contributed by atoms with Crippen molar-refractivity contribution in [3.8, 4) is 11.4 Å². The van der Waals surface area contributed by atoms with Crippen LogP contribution in [0, 0.1) is 11.6 Å². The first-order valence-corrected chi connectivity index (χ1v) is 6.31. The van der Waals surface area contributed by atoms with Crippen LogP contribution in [0.3, 0.4) is 0 Å². The molecule has 0 aliphatic heterocycles. The Labute approximate surface area is 112 Å². The van der Waals surface area contributed by atoms with Gasteiger partial charge in [0.2, 0.25) is 0 Å². The van der Waals surface area contributed by atoms with E-state index in [0.29, 0.717) is 17.9 Å². The zero-order chi connectivity index (χ0) is 13.1. The van der Waals surface area contributed by atoms with E-state index < -0.39 is 11.6 Å². The van der Waals surface area contributed by atoms with Crippen LogP contribution in [0.25, 0.3) is 11.4 Å². The fourth-order valence-corrected chi connectivity index (χ4v) is 2.06. The number of rotatable bonds is 4. The van der Waals surface area contributed by atoms with Gasteiger partial charge in [-0.3, -0.25) is 0 Å². The molecule has 0 aliphatic carbocycles. The summed E-state index contributed by atoms with van der Waals surface area (Å²) in [5, 5.41) is 3.15. The van der Waals surface area contributed by atoms with E-state index in [4.69, 9.17) is 0 Å². The second-order valence-corrected chi connectivity index (χ2v) is 4.55. The first kappa shape index (κ1) is 13.2. The quantitative estimate of drug-likeness (QED) is 0.850. The zero-order valence-corrected chi connectivity index (χ0v) is 11.3. The Hall–Kier alpha value is -1.27. The number of aromatic nitrogens is 2. The summed E-state index contributed by atoms with van der Waals surface area (Å²) in [7, 11) is 0. The number of hydrogen-bond donors (Lipinski definition) is 2. The standard InChI is InChI=1S/C12H12BrF2N3/c1-2-16-5-7-6-17-12(18-7)8-3-4-9(14)11(15)10(8)13/h3-4,6,16H,2,5H2,1H3,(H,17,18). The van der Waals surface area contributed by atoms with Gasteiger partial charge in [-0.1, -0.05) is 6.92 Å². The molecule has 1 heterocycles. The highest BCUT2D eigenvalue weighted by atomic mass is 79.9. The lowest BCUT2D eigenvalue weighted by atomic mass is 10.2. The van der Waals surface area contributed by atoms with Crippen LogP contribution in [0.1, 0.15) is 12.6 Å². The van der Waals surface area contributed by atoms with Crippen molar-refractivity contribution in [2.45, 2.75) is 13.5 Å². The highest BCUT2D eigenvalue weighted by Gasteiger charge is 2.14. The molecule has 2 aromatic rings. The Bertz CT molecular complexity index is 554. The number of H-pyrrole nitrogens is 1. The molecule has 2 N–H and O–H groups in total. The van der Waals surface area contributed by atoms with Gasteiger partial charge in [0.1, 0.15) is 5.82 Å².